The Balaban J connectivity index is 1.37. The van der Waals surface area contributed by atoms with Gasteiger partial charge in [-0.2, -0.15) is 5.10 Å². The molecule has 48 heavy (non-hydrogen) atoms. The topological polar surface area (TPSA) is 83.7 Å². The van der Waals surface area contributed by atoms with Crippen molar-refractivity contribution in [3.8, 4) is 39.5 Å². The zero-order valence-electron chi connectivity index (χ0n) is 26.8. The second-order valence-electron chi connectivity index (χ2n) is 13.1. The number of amides is 1. The highest BCUT2D eigenvalue weighted by Gasteiger charge is 2.48. The standard InChI is InChI=1S/C37H35F2N5O3S/c1-4-31(46)43-10-11-44-29(21(43)2)18-28(41-44)35-33(32-27(39)16-24(38)17-30(32)47-13-12-45)36-25(7-14-48-36)34(40-35)22-5-6-26-23(15-22)19-42(3)20-37(26)8-9-37/h4-7,14-18,21,45H,1,8-13,19-20H2,2-3H3/t21-/m1/s1. The molecule has 246 valence electrons. The van der Waals surface area contributed by atoms with Crippen molar-refractivity contribution in [2.24, 2.45) is 0 Å². The van der Waals surface area contributed by atoms with Gasteiger partial charge in [-0.1, -0.05) is 18.7 Å². The summed E-state index contributed by atoms with van der Waals surface area (Å²) in [5, 5.41) is 17.3. The lowest BCUT2D eigenvalue weighted by molar-refractivity contribution is -0.129. The molecule has 1 amide bonds. The van der Waals surface area contributed by atoms with Crippen molar-refractivity contribution in [2.75, 3.05) is 33.4 Å². The van der Waals surface area contributed by atoms with Gasteiger partial charge < -0.3 is 19.6 Å². The minimum Gasteiger partial charge on any atom is -0.490 e. The van der Waals surface area contributed by atoms with Crippen molar-refractivity contribution in [1.29, 1.82) is 0 Å². The van der Waals surface area contributed by atoms with Crippen LogP contribution in [0.3, 0.4) is 0 Å². The molecule has 3 aromatic heterocycles. The third-order valence-corrected chi connectivity index (χ3v) is 10.9. The fourth-order valence-electron chi connectivity index (χ4n) is 7.68. The Kier molecular flexibility index (Phi) is 7.46. The molecule has 0 bridgehead atoms. The van der Waals surface area contributed by atoms with Crippen LogP contribution < -0.4 is 4.74 Å². The molecule has 5 aromatic rings. The van der Waals surface area contributed by atoms with E-state index in [9.17, 15) is 14.3 Å². The number of nitrogens with zero attached hydrogens (tertiary/aromatic N) is 5. The zero-order chi connectivity index (χ0) is 33.3. The zero-order valence-corrected chi connectivity index (χ0v) is 27.6. The fourth-order valence-corrected chi connectivity index (χ4v) is 8.63. The maximum Gasteiger partial charge on any atom is 0.246 e. The minimum atomic E-state index is -0.805. The van der Waals surface area contributed by atoms with Crippen molar-refractivity contribution in [3.05, 3.63) is 89.0 Å². The smallest absolute Gasteiger partial charge is 0.246 e. The largest absolute Gasteiger partial charge is 0.490 e. The average molecular weight is 668 g/mol. The van der Waals surface area contributed by atoms with Gasteiger partial charge in [-0.25, -0.2) is 13.8 Å². The number of aliphatic hydroxyl groups is 1. The predicted octanol–water partition coefficient (Wildman–Crippen LogP) is 6.71. The molecule has 2 aromatic carbocycles. The van der Waals surface area contributed by atoms with E-state index in [1.165, 1.54) is 41.4 Å². The molecule has 1 N–H and O–H groups in total. The molecule has 3 aliphatic rings. The maximum absolute atomic E-state index is 16.1. The van der Waals surface area contributed by atoms with Crippen molar-refractivity contribution < 1.29 is 23.4 Å². The molecule has 2 aliphatic heterocycles. The van der Waals surface area contributed by atoms with E-state index in [2.05, 4.69) is 36.7 Å². The molecule has 0 unspecified atom stereocenters. The summed E-state index contributed by atoms with van der Waals surface area (Å²) in [5.41, 5.74) is 6.86. The van der Waals surface area contributed by atoms with E-state index in [1.807, 2.05) is 29.1 Å². The van der Waals surface area contributed by atoms with Crippen molar-refractivity contribution in [3.63, 3.8) is 0 Å². The molecule has 1 atom stereocenters. The van der Waals surface area contributed by atoms with Crippen LogP contribution in [0.4, 0.5) is 8.78 Å². The number of halogens is 2. The maximum atomic E-state index is 16.1. The number of carbonyl (C=O) groups is 1. The van der Waals surface area contributed by atoms with E-state index in [-0.39, 0.29) is 41.9 Å². The number of hydrogen-bond donors (Lipinski definition) is 1. The molecule has 1 aliphatic carbocycles. The number of fused-ring (bicyclic) bond motifs is 4. The monoisotopic (exact) mass is 667 g/mol. The third kappa shape index (κ3) is 4.94. The Bertz CT molecular complexity index is 2120. The molecule has 8 rings (SSSR count). The predicted molar refractivity (Wildman–Crippen MR) is 182 cm³/mol. The molecule has 1 spiro atoms. The van der Waals surface area contributed by atoms with Crippen LogP contribution in [0, 0.1) is 11.6 Å². The highest BCUT2D eigenvalue weighted by Crippen LogP contribution is 2.53. The van der Waals surface area contributed by atoms with E-state index >= 15 is 4.39 Å². The summed E-state index contributed by atoms with van der Waals surface area (Å²) >= 11 is 1.44. The lowest BCUT2D eigenvalue weighted by atomic mass is 9.85. The number of benzene rings is 2. The van der Waals surface area contributed by atoms with E-state index in [1.54, 1.807) is 4.90 Å². The molecule has 8 nitrogen and oxygen atoms in total. The van der Waals surface area contributed by atoms with Crippen molar-refractivity contribution in [2.45, 2.75) is 44.3 Å². The first kappa shape index (κ1) is 30.9. The molecule has 0 radical (unpaired) electrons. The minimum absolute atomic E-state index is 0.0290. The average Bonchev–Trinajstić information content (AvgIpc) is 3.43. The quantitative estimate of drug-likeness (QED) is 0.194. The number of likely N-dealkylation sites (N-methyl/N-ethyl adjacent to an activating group) is 1. The lowest BCUT2D eigenvalue weighted by Crippen LogP contribution is -2.40. The second-order valence-corrected chi connectivity index (χ2v) is 14.0. The van der Waals surface area contributed by atoms with Gasteiger partial charge in [0.15, 0.2) is 0 Å². The van der Waals surface area contributed by atoms with Gasteiger partial charge in [0.25, 0.3) is 0 Å². The highest BCUT2D eigenvalue weighted by molar-refractivity contribution is 7.18. The molecule has 1 fully saturated rings. The van der Waals surface area contributed by atoms with Crippen LogP contribution >= 0.6 is 11.3 Å². The molecule has 1 saturated carbocycles. The Hall–Kier alpha value is -4.45. The van der Waals surface area contributed by atoms with Gasteiger partial charge in [0.2, 0.25) is 5.91 Å². The highest BCUT2D eigenvalue weighted by atomic mass is 32.1. The Morgan fingerprint density at radius 3 is 2.75 bits per heavy atom. The first-order valence-corrected chi connectivity index (χ1v) is 17.1. The molecule has 11 heteroatoms. The van der Waals surface area contributed by atoms with Crippen LogP contribution in [-0.4, -0.2) is 68.9 Å². The number of pyridine rings is 1. The van der Waals surface area contributed by atoms with Gasteiger partial charge in [0.05, 0.1) is 36.1 Å². The summed E-state index contributed by atoms with van der Waals surface area (Å²) in [7, 11) is 2.16. The second kappa shape index (κ2) is 11.6. The van der Waals surface area contributed by atoms with Crippen LogP contribution in [0.15, 0.2) is 60.5 Å². The number of aliphatic hydroxyl groups excluding tert-OH is 1. The van der Waals surface area contributed by atoms with E-state index in [4.69, 9.17) is 14.8 Å². The fraction of sp³-hybridized carbons (Fsp3) is 0.324. The molecular weight excluding hydrogens is 633 g/mol. The number of ether oxygens (including phenoxy) is 1. The number of rotatable bonds is 7. The lowest BCUT2D eigenvalue weighted by Gasteiger charge is -2.33. The van der Waals surface area contributed by atoms with Gasteiger partial charge in [-0.3, -0.25) is 9.48 Å². The van der Waals surface area contributed by atoms with E-state index in [0.29, 0.717) is 30.0 Å². The van der Waals surface area contributed by atoms with E-state index < -0.39 is 11.6 Å². The van der Waals surface area contributed by atoms with Crippen molar-refractivity contribution in [1.82, 2.24) is 24.6 Å². The SMILES string of the molecule is C=CC(=O)N1CCn2nc(-c3nc(-c4ccc5c(c4)CN(C)CC54CC4)c4ccsc4c3-c3c(F)cc(F)cc3OCCO)cc2[C@H]1C. The van der Waals surface area contributed by atoms with Crippen LogP contribution in [0.5, 0.6) is 5.75 Å². The van der Waals surface area contributed by atoms with Gasteiger partial charge in [-0.15, -0.1) is 11.3 Å². The normalized spacial score (nSPS) is 18.2. The van der Waals surface area contributed by atoms with Crippen LogP contribution in [0.25, 0.3) is 43.9 Å². The molecular formula is C37H35F2N5O3S. The first-order chi connectivity index (χ1) is 23.2. The number of thiophene rings is 1. The summed E-state index contributed by atoms with van der Waals surface area (Å²) < 4.78 is 39.0. The molecule has 0 saturated heterocycles. The summed E-state index contributed by atoms with van der Waals surface area (Å²) in [4.78, 5) is 22.0. The number of hydrogen-bond acceptors (Lipinski definition) is 7. The Labute approximate surface area is 280 Å². The Morgan fingerprint density at radius 1 is 1.15 bits per heavy atom. The van der Waals surface area contributed by atoms with E-state index in [0.717, 1.165) is 52.3 Å². The first-order valence-electron chi connectivity index (χ1n) is 16.2. The summed E-state index contributed by atoms with van der Waals surface area (Å²) in [6.07, 6.45) is 3.70. The van der Waals surface area contributed by atoms with Crippen LogP contribution in [0.1, 0.15) is 42.6 Å². The van der Waals surface area contributed by atoms with Gasteiger partial charge in [0, 0.05) is 58.4 Å². The number of aromatic nitrogens is 3. The summed E-state index contributed by atoms with van der Waals surface area (Å²) in [6.45, 7) is 7.98. The van der Waals surface area contributed by atoms with Crippen LogP contribution in [-0.2, 0) is 23.3 Å². The van der Waals surface area contributed by atoms with Gasteiger partial charge in [-0.05, 0) is 67.6 Å². The number of carbonyl (C=O) groups excluding carboxylic acids is 1. The van der Waals surface area contributed by atoms with Gasteiger partial charge in [0.1, 0.15) is 35.4 Å². The van der Waals surface area contributed by atoms with Crippen LogP contribution in [0.2, 0.25) is 0 Å². The molecule has 5 heterocycles. The third-order valence-electron chi connectivity index (χ3n) is 10.0. The Morgan fingerprint density at radius 2 is 1.98 bits per heavy atom. The van der Waals surface area contributed by atoms with Crippen molar-refractivity contribution >= 4 is 27.3 Å². The van der Waals surface area contributed by atoms with Gasteiger partial charge >= 0.3 is 0 Å². The summed E-state index contributed by atoms with van der Waals surface area (Å²) in [6, 6.07) is 12.2. The summed E-state index contributed by atoms with van der Waals surface area (Å²) in [5.74, 6) is -1.79.